The summed E-state index contributed by atoms with van der Waals surface area (Å²) in [5.74, 6) is 0.820. The molecular formula is C24H36N4O. The van der Waals surface area contributed by atoms with Crippen molar-refractivity contribution in [2.75, 3.05) is 33.3 Å². The summed E-state index contributed by atoms with van der Waals surface area (Å²) in [5, 5.41) is 4.57. The fraction of sp³-hybridized carbons (Fsp3) is 0.625. The Labute approximate surface area is 175 Å². The summed E-state index contributed by atoms with van der Waals surface area (Å²) in [6, 6.07) is 13.7. The minimum atomic E-state index is 0.725. The lowest BCUT2D eigenvalue weighted by atomic mass is 10.0. The number of fused-ring (bicyclic) bond motifs is 1. The van der Waals surface area contributed by atoms with Crippen LogP contribution in [0.4, 0.5) is 0 Å². The van der Waals surface area contributed by atoms with Crippen LogP contribution in [0.1, 0.15) is 49.8 Å². The molecule has 158 valence electrons. The summed E-state index contributed by atoms with van der Waals surface area (Å²) in [6.45, 7) is 6.49. The predicted molar refractivity (Wildman–Crippen MR) is 117 cm³/mol. The molecule has 0 amide bonds. The maximum Gasteiger partial charge on any atom is 0.232 e. The van der Waals surface area contributed by atoms with Crippen molar-refractivity contribution in [2.45, 2.75) is 64.1 Å². The van der Waals surface area contributed by atoms with Crippen molar-refractivity contribution in [2.24, 2.45) is 0 Å². The van der Waals surface area contributed by atoms with E-state index < -0.39 is 0 Å². The first-order valence-corrected chi connectivity index (χ1v) is 11.4. The Morgan fingerprint density at radius 1 is 1.07 bits per heavy atom. The van der Waals surface area contributed by atoms with Gasteiger partial charge in [-0.15, -0.1) is 5.10 Å². The minimum Gasteiger partial charge on any atom is -0.477 e. The van der Waals surface area contributed by atoms with Gasteiger partial charge in [0.2, 0.25) is 5.88 Å². The van der Waals surface area contributed by atoms with E-state index in [9.17, 15) is 0 Å². The Balaban J connectivity index is 1.09. The van der Waals surface area contributed by atoms with Crippen LogP contribution in [-0.4, -0.2) is 58.9 Å². The summed E-state index contributed by atoms with van der Waals surface area (Å²) >= 11 is 0. The standard InChI is InChI=1S/C24H36N4O/c1-26(22-12-16-27(17-13-22)20-21-9-3-2-4-10-21)14-7-8-18-29-24-19-23-11-5-6-15-28(23)25-24/h2-4,9-10,19,22H,5-8,11-18,20H2,1H3. The van der Waals surface area contributed by atoms with E-state index in [2.05, 4.69) is 63.0 Å². The lowest BCUT2D eigenvalue weighted by Crippen LogP contribution is -2.43. The van der Waals surface area contributed by atoms with Gasteiger partial charge in [-0.25, -0.2) is 0 Å². The number of ether oxygens (including phenoxy) is 1. The van der Waals surface area contributed by atoms with Crippen LogP contribution in [0.15, 0.2) is 36.4 Å². The first-order chi connectivity index (χ1) is 14.3. The molecule has 1 aromatic carbocycles. The van der Waals surface area contributed by atoms with E-state index in [0.29, 0.717) is 0 Å². The van der Waals surface area contributed by atoms with E-state index in [0.717, 1.165) is 51.0 Å². The smallest absolute Gasteiger partial charge is 0.232 e. The zero-order valence-electron chi connectivity index (χ0n) is 17.9. The average molecular weight is 397 g/mol. The quantitative estimate of drug-likeness (QED) is 0.601. The average Bonchev–Trinajstić information content (AvgIpc) is 3.17. The molecule has 0 N–H and O–H groups in total. The molecule has 3 heterocycles. The highest BCUT2D eigenvalue weighted by atomic mass is 16.5. The summed E-state index contributed by atoms with van der Waals surface area (Å²) in [4.78, 5) is 5.16. The van der Waals surface area contributed by atoms with Crippen LogP contribution in [0.3, 0.4) is 0 Å². The number of unbranched alkanes of at least 4 members (excludes halogenated alkanes) is 1. The molecule has 0 radical (unpaired) electrons. The first-order valence-electron chi connectivity index (χ1n) is 11.4. The van der Waals surface area contributed by atoms with Gasteiger partial charge < -0.3 is 9.64 Å². The molecule has 0 saturated carbocycles. The van der Waals surface area contributed by atoms with E-state index in [1.54, 1.807) is 0 Å². The van der Waals surface area contributed by atoms with Crippen LogP contribution in [0.2, 0.25) is 0 Å². The van der Waals surface area contributed by atoms with Crippen molar-refractivity contribution in [3.8, 4) is 5.88 Å². The molecule has 0 aliphatic carbocycles. The largest absolute Gasteiger partial charge is 0.477 e. The molecule has 2 aliphatic rings. The van der Waals surface area contributed by atoms with Gasteiger partial charge in [-0.2, -0.15) is 0 Å². The van der Waals surface area contributed by atoms with E-state index in [1.165, 1.54) is 56.5 Å². The molecule has 2 aromatic rings. The summed E-state index contributed by atoms with van der Waals surface area (Å²) < 4.78 is 8.02. The summed E-state index contributed by atoms with van der Waals surface area (Å²) in [6.07, 6.45) is 8.51. The minimum absolute atomic E-state index is 0.725. The van der Waals surface area contributed by atoms with Crippen molar-refractivity contribution in [3.63, 3.8) is 0 Å². The molecule has 0 bridgehead atoms. The van der Waals surface area contributed by atoms with Gasteiger partial charge in [0.1, 0.15) is 0 Å². The normalized spacial score (nSPS) is 18.1. The monoisotopic (exact) mass is 396 g/mol. The molecule has 5 heteroatoms. The lowest BCUT2D eigenvalue weighted by Gasteiger charge is -2.36. The molecule has 2 aliphatic heterocycles. The van der Waals surface area contributed by atoms with Crippen LogP contribution in [0.5, 0.6) is 5.88 Å². The van der Waals surface area contributed by atoms with Crippen LogP contribution in [0.25, 0.3) is 0 Å². The fourth-order valence-electron chi connectivity index (χ4n) is 4.64. The number of hydrogen-bond donors (Lipinski definition) is 0. The second kappa shape index (κ2) is 10.3. The maximum absolute atomic E-state index is 5.90. The number of rotatable bonds is 9. The molecule has 1 fully saturated rings. The Kier molecular flexibility index (Phi) is 7.23. The van der Waals surface area contributed by atoms with E-state index in [4.69, 9.17) is 4.74 Å². The van der Waals surface area contributed by atoms with E-state index in [-0.39, 0.29) is 0 Å². The number of piperidine rings is 1. The number of nitrogens with zero attached hydrogens (tertiary/aromatic N) is 4. The van der Waals surface area contributed by atoms with Crippen LogP contribution in [-0.2, 0) is 19.5 Å². The number of likely N-dealkylation sites (tertiary alicyclic amines) is 1. The SMILES string of the molecule is CN(CCCCOc1cc2n(n1)CCCC2)C1CCN(Cc2ccccc2)CC1. The highest BCUT2D eigenvalue weighted by Gasteiger charge is 2.22. The van der Waals surface area contributed by atoms with Crippen molar-refractivity contribution >= 4 is 0 Å². The van der Waals surface area contributed by atoms with Crippen molar-refractivity contribution in [1.29, 1.82) is 0 Å². The maximum atomic E-state index is 5.90. The van der Waals surface area contributed by atoms with Gasteiger partial charge in [0.15, 0.2) is 0 Å². The zero-order chi connectivity index (χ0) is 19.9. The number of hydrogen-bond acceptors (Lipinski definition) is 4. The van der Waals surface area contributed by atoms with Gasteiger partial charge in [-0.1, -0.05) is 30.3 Å². The Bertz CT molecular complexity index is 713. The Morgan fingerprint density at radius 2 is 1.90 bits per heavy atom. The molecule has 4 rings (SSSR count). The van der Waals surface area contributed by atoms with Gasteiger partial charge in [0.05, 0.1) is 6.61 Å². The van der Waals surface area contributed by atoms with Gasteiger partial charge in [0.25, 0.3) is 0 Å². The third kappa shape index (κ3) is 5.83. The van der Waals surface area contributed by atoms with E-state index >= 15 is 0 Å². The number of aryl methyl sites for hydroxylation is 2. The van der Waals surface area contributed by atoms with Gasteiger partial charge in [-0.05, 0) is 77.2 Å². The molecule has 0 atom stereocenters. The summed E-state index contributed by atoms with van der Waals surface area (Å²) in [7, 11) is 2.29. The van der Waals surface area contributed by atoms with Crippen LogP contribution >= 0.6 is 0 Å². The topological polar surface area (TPSA) is 33.5 Å². The molecule has 1 aromatic heterocycles. The van der Waals surface area contributed by atoms with Crippen molar-refractivity contribution < 1.29 is 4.74 Å². The second-order valence-corrected chi connectivity index (χ2v) is 8.68. The van der Waals surface area contributed by atoms with Crippen molar-refractivity contribution in [3.05, 3.63) is 47.7 Å². The fourth-order valence-corrected chi connectivity index (χ4v) is 4.64. The highest BCUT2D eigenvalue weighted by molar-refractivity contribution is 5.17. The molecular weight excluding hydrogens is 360 g/mol. The molecule has 0 unspecified atom stereocenters. The first kappa shape index (κ1) is 20.4. The predicted octanol–water partition coefficient (Wildman–Crippen LogP) is 3.97. The Hall–Kier alpha value is -1.85. The zero-order valence-corrected chi connectivity index (χ0v) is 17.9. The van der Waals surface area contributed by atoms with Crippen LogP contribution < -0.4 is 4.74 Å². The molecule has 5 nitrogen and oxygen atoms in total. The third-order valence-corrected chi connectivity index (χ3v) is 6.48. The third-order valence-electron chi connectivity index (χ3n) is 6.48. The van der Waals surface area contributed by atoms with Gasteiger partial charge in [-0.3, -0.25) is 9.58 Å². The van der Waals surface area contributed by atoms with Gasteiger partial charge in [0, 0.05) is 30.9 Å². The molecule has 29 heavy (non-hydrogen) atoms. The molecule has 0 spiro atoms. The second-order valence-electron chi connectivity index (χ2n) is 8.68. The van der Waals surface area contributed by atoms with Crippen LogP contribution in [0, 0.1) is 0 Å². The van der Waals surface area contributed by atoms with E-state index in [1.807, 2.05) is 0 Å². The number of benzene rings is 1. The Morgan fingerprint density at radius 3 is 2.69 bits per heavy atom. The lowest BCUT2D eigenvalue weighted by molar-refractivity contribution is 0.121. The van der Waals surface area contributed by atoms with Gasteiger partial charge >= 0.3 is 0 Å². The summed E-state index contributed by atoms with van der Waals surface area (Å²) in [5.41, 5.74) is 2.77. The number of aromatic nitrogens is 2. The van der Waals surface area contributed by atoms with Crippen molar-refractivity contribution in [1.82, 2.24) is 19.6 Å². The molecule has 1 saturated heterocycles. The highest BCUT2D eigenvalue weighted by Crippen LogP contribution is 2.20.